The molecule has 1 fully saturated rings. The highest BCUT2D eigenvalue weighted by atomic mass is 15.1. The van der Waals surface area contributed by atoms with Crippen LogP contribution >= 0.6 is 0 Å². The van der Waals surface area contributed by atoms with Gasteiger partial charge in [-0.05, 0) is 25.7 Å². The van der Waals surface area contributed by atoms with Gasteiger partial charge in [-0.15, -0.1) is 0 Å². The lowest BCUT2D eigenvalue weighted by molar-refractivity contribution is 0.546. The first-order valence-corrected chi connectivity index (χ1v) is 7.72. The monoisotopic (exact) mass is 276 g/mol. The Morgan fingerprint density at radius 1 is 1.20 bits per heavy atom. The minimum Gasteiger partial charge on any atom is -0.370 e. The molecule has 4 nitrogen and oxygen atoms in total. The molecule has 0 amide bonds. The van der Waals surface area contributed by atoms with Crippen molar-refractivity contribution in [2.75, 3.05) is 17.2 Å². The maximum atomic E-state index is 4.76. The lowest BCUT2D eigenvalue weighted by Gasteiger charge is -2.21. The van der Waals surface area contributed by atoms with Crippen LogP contribution in [0.2, 0.25) is 0 Å². The van der Waals surface area contributed by atoms with Crippen molar-refractivity contribution in [1.29, 1.82) is 0 Å². The molecule has 2 unspecified atom stereocenters. The fourth-order valence-corrected chi connectivity index (χ4v) is 2.11. The van der Waals surface area contributed by atoms with E-state index in [1.165, 1.54) is 6.42 Å². The molecule has 20 heavy (non-hydrogen) atoms. The quantitative estimate of drug-likeness (QED) is 0.860. The molecular formula is C16H28N4. The van der Waals surface area contributed by atoms with Gasteiger partial charge in [-0.2, -0.15) is 0 Å². The number of aromatic nitrogens is 2. The fraction of sp³-hybridized carbons (Fsp3) is 0.750. The molecule has 0 aliphatic heterocycles. The third-order valence-corrected chi connectivity index (χ3v) is 3.79. The Morgan fingerprint density at radius 3 is 2.30 bits per heavy atom. The summed E-state index contributed by atoms with van der Waals surface area (Å²) >= 11 is 0. The second-order valence-corrected chi connectivity index (χ2v) is 7.01. The average molecular weight is 276 g/mol. The smallest absolute Gasteiger partial charge is 0.138 e. The van der Waals surface area contributed by atoms with Crippen LogP contribution in [0.3, 0.4) is 0 Å². The highest BCUT2D eigenvalue weighted by Crippen LogP contribution is 2.34. The van der Waals surface area contributed by atoms with E-state index in [1.807, 2.05) is 0 Å². The van der Waals surface area contributed by atoms with Crippen LogP contribution in [0.5, 0.6) is 0 Å². The molecule has 0 saturated heterocycles. The minimum atomic E-state index is -0.0397. The Morgan fingerprint density at radius 2 is 1.80 bits per heavy atom. The number of hydrogen-bond donors (Lipinski definition) is 2. The van der Waals surface area contributed by atoms with Crippen LogP contribution < -0.4 is 10.6 Å². The van der Waals surface area contributed by atoms with E-state index >= 15 is 0 Å². The summed E-state index contributed by atoms with van der Waals surface area (Å²) in [6, 6.07) is 0.579. The predicted molar refractivity (Wildman–Crippen MR) is 85.4 cm³/mol. The molecule has 2 rings (SSSR count). The SMILES string of the molecule is CCCNc1nc(C(C)(C)C)nc(NC2CC2C)c1C. The number of rotatable bonds is 5. The maximum Gasteiger partial charge on any atom is 0.138 e. The van der Waals surface area contributed by atoms with Gasteiger partial charge in [0, 0.05) is 23.6 Å². The van der Waals surface area contributed by atoms with Crippen LogP contribution in [0.25, 0.3) is 0 Å². The zero-order valence-electron chi connectivity index (χ0n) is 13.7. The molecule has 0 aromatic carbocycles. The summed E-state index contributed by atoms with van der Waals surface area (Å²) in [6.07, 6.45) is 2.34. The Hall–Kier alpha value is -1.32. The fourth-order valence-electron chi connectivity index (χ4n) is 2.11. The molecule has 1 heterocycles. The van der Waals surface area contributed by atoms with Gasteiger partial charge in [-0.3, -0.25) is 0 Å². The number of nitrogens with zero attached hydrogens (tertiary/aromatic N) is 2. The molecule has 1 saturated carbocycles. The largest absolute Gasteiger partial charge is 0.370 e. The normalized spacial score (nSPS) is 21.7. The Kier molecular flexibility index (Phi) is 4.21. The van der Waals surface area contributed by atoms with E-state index in [9.17, 15) is 0 Å². The second kappa shape index (κ2) is 5.58. The van der Waals surface area contributed by atoms with Gasteiger partial charge in [0.2, 0.25) is 0 Å². The van der Waals surface area contributed by atoms with E-state index in [-0.39, 0.29) is 5.41 Å². The van der Waals surface area contributed by atoms with Gasteiger partial charge in [0.25, 0.3) is 0 Å². The van der Waals surface area contributed by atoms with E-state index in [1.54, 1.807) is 0 Å². The van der Waals surface area contributed by atoms with E-state index < -0.39 is 0 Å². The molecule has 0 radical (unpaired) electrons. The molecule has 1 aliphatic rings. The molecule has 0 bridgehead atoms. The van der Waals surface area contributed by atoms with Gasteiger partial charge in [-0.25, -0.2) is 9.97 Å². The summed E-state index contributed by atoms with van der Waals surface area (Å²) < 4.78 is 0. The molecule has 4 heteroatoms. The second-order valence-electron chi connectivity index (χ2n) is 7.01. The Balaban J connectivity index is 2.32. The van der Waals surface area contributed by atoms with E-state index in [0.717, 1.165) is 41.9 Å². The molecule has 1 aromatic heterocycles. The van der Waals surface area contributed by atoms with Crippen molar-refractivity contribution in [2.24, 2.45) is 5.92 Å². The van der Waals surface area contributed by atoms with Gasteiger partial charge < -0.3 is 10.6 Å². The van der Waals surface area contributed by atoms with Crippen LogP contribution in [0.4, 0.5) is 11.6 Å². The molecule has 2 N–H and O–H groups in total. The van der Waals surface area contributed by atoms with Gasteiger partial charge in [0.15, 0.2) is 0 Å². The molecule has 2 atom stereocenters. The molecular weight excluding hydrogens is 248 g/mol. The summed E-state index contributed by atoms with van der Waals surface area (Å²) in [5.74, 6) is 3.63. The van der Waals surface area contributed by atoms with Crippen molar-refractivity contribution in [3.05, 3.63) is 11.4 Å². The maximum absolute atomic E-state index is 4.76. The van der Waals surface area contributed by atoms with Crippen LogP contribution in [0.1, 0.15) is 58.8 Å². The first kappa shape index (κ1) is 15.1. The van der Waals surface area contributed by atoms with Gasteiger partial charge in [0.05, 0.1) is 0 Å². The standard InChI is InChI=1S/C16H28N4/c1-7-8-17-13-11(3)14(18-12-9-10(12)2)20-15(19-13)16(4,5)6/h10,12H,7-9H2,1-6H3,(H2,17,18,19,20). The van der Waals surface area contributed by atoms with Crippen molar-refractivity contribution in [1.82, 2.24) is 9.97 Å². The van der Waals surface area contributed by atoms with Crippen molar-refractivity contribution >= 4 is 11.6 Å². The van der Waals surface area contributed by atoms with Gasteiger partial charge in [0.1, 0.15) is 17.5 Å². The molecule has 1 aromatic rings. The average Bonchev–Trinajstić information content (AvgIpc) is 3.04. The van der Waals surface area contributed by atoms with E-state index in [4.69, 9.17) is 9.97 Å². The Labute approximate surface area is 122 Å². The molecule has 1 aliphatic carbocycles. The summed E-state index contributed by atoms with van der Waals surface area (Å²) in [7, 11) is 0. The zero-order valence-corrected chi connectivity index (χ0v) is 13.7. The van der Waals surface area contributed by atoms with Crippen LogP contribution in [0.15, 0.2) is 0 Å². The first-order chi connectivity index (χ1) is 9.32. The van der Waals surface area contributed by atoms with E-state index in [2.05, 4.69) is 52.2 Å². The zero-order chi connectivity index (χ0) is 14.9. The molecule has 0 spiro atoms. The first-order valence-electron chi connectivity index (χ1n) is 7.72. The van der Waals surface area contributed by atoms with Crippen molar-refractivity contribution in [3.63, 3.8) is 0 Å². The highest BCUT2D eigenvalue weighted by molar-refractivity contribution is 5.58. The summed E-state index contributed by atoms with van der Waals surface area (Å²) in [5, 5.41) is 7.00. The third kappa shape index (κ3) is 3.41. The van der Waals surface area contributed by atoms with Gasteiger partial charge in [-0.1, -0.05) is 34.6 Å². The summed E-state index contributed by atoms with van der Waals surface area (Å²) in [6.45, 7) is 14.0. The van der Waals surface area contributed by atoms with Crippen molar-refractivity contribution in [2.45, 2.75) is 65.8 Å². The number of anilines is 2. The summed E-state index contributed by atoms with van der Waals surface area (Å²) in [5.41, 5.74) is 1.09. The Bertz CT molecular complexity index is 476. The summed E-state index contributed by atoms with van der Waals surface area (Å²) in [4.78, 5) is 9.49. The van der Waals surface area contributed by atoms with Crippen molar-refractivity contribution < 1.29 is 0 Å². The van der Waals surface area contributed by atoms with Crippen LogP contribution in [-0.2, 0) is 5.41 Å². The van der Waals surface area contributed by atoms with E-state index in [0.29, 0.717) is 6.04 Å². The van der Waals surface area contributed by atoms with Crippen LogP contribution in [0, 0.1) is 12.8 Å². The lowest BCUT2D eigenvalue weighted by Crippen LogP contribution is -2.20. The lowest BCUT2D eigenvalue weighted by atomic mass is 9.95. The number of nitrogens with one attached hydrogen (secondary N) is 2. The molecule has 112 valence electrons. The predicted octanol–water partition coefficient (Wildman–Crippen LogP) is 3.72. The van der Waals surface area contributed by atoms with Gasteiger partial charge >= 0.3 is 0 Å². The topological polar surface area (TPSA) is 49.8 Å². The third-order valence-electron chi connectivity index (χ3n) is 3.79. The minimum absolute atomic E-state index is 0.0397. The highest BCUT2D eigenvalue weighted by Gasteiger charge is 2.33. The number of hydrogen-bond acceptors (Lipinski definition) is 4. The van der Waals surface area contributed by atoms with Crippen LogP contribution in [-0.4, -0.2) is 22.6 Å². The van der Waals surface area contributed by atoms with Crippen molar-refractivity contribution in [3.8, 4) is 0 Å².